The van der Waals surface area contributed by atoms with Gasteiger partial charge in [-0.25, -0.2) is 14.4 Å². The molecule has 3 heterocycles. The summed E-state index contributed by atoms with van der Waals surface area (Å²) in [5.74, 6) is 1.59. The van der Waals surface area contributed by atoms with Gasteiger partial charge < -0.3 is 19.3 Å². The number of ether oxygens (including phenoxy) is 2. The standard InChI is InChI=1S/C24H24FN5O3/c1-15-8-17(4-5-19(15)25)28-24-18-9-23(22(31-2)10-20(18)26-14-27-24)32-7-3-6-30-11-16-13-33-29-21(16)12-30/h4-5,8-10,13-14H,3,6-7,11-12H2,1-2H3,(H,26,27,28). The summed E-state index contributed by atoms with van der Waals surface area (Å²) in [6.07, 6.45) is 4.05. The third-order valence-electron chi connectivity index (χ3n) is 5.71. The lowest BCUT2D eigenvalue weighted by Crippen LogP contribution is -2.20. The van der Waals surface area contributed by atoms with Crippen LogP contribution in [0.2, 0.25) is 0 Å². The number of nitrogens with one attached hydrogen (secondary N) is 1. The second kappa shape index (κ2) is 9.03. The maximum atomic E-state index is 13.6. The zero-order valence-electron chi connectivity index (χ0n) is 18.5. The molecule has 8 nitrogen and oxygen atoms in total. The minimum Gasteiger partial charge on any atom is -0.493 e. The van der Waals surface area contributed by atoms with Gasteiger partial charge in [0.15, 0.2) is 11.5 Å². The third kappa shape index (κ3) is 4.45. The Morgan fingerprint density at radius 3 is 2.88 bits per heavy atom. The predicted octanol–water partition coefficient (Wildman–Crippen LogP) is 4.60. The first-order valence-corrected chi connectivity index (χ1v) is 10.7. The van der Waals surface area contributed by atoms with Crippen LogP contribution in [-0.4, -0.2) is 40.3 Å². The lowest BCUT2D eigenvalue weighted by molar-refractivity contribution is 0.226. The molecular formula is C24H24FN5O3. The van der Waals surface area contributed by atoms with Crippen LogP contribution in [0.25, 0.3) is 10.9 Å². The number of benzene rings is 2. The molecule has 2 aromatic heterocycles. The fraction of sp³-hybridized carbons (Fsp3) is 0.292. The smallest absolute Gasteiger partial charge is 0.162 e. The summed E-state index contributed by atoms with van der Waals surface area (Å²) in [4.78, 5) is 11.1. The minimum absolute atomic E-state index is 0.247. The van der Waals surface area contributed by atoms with Gasteiger partial charge in [-0.15, -0.1) is 0 Å². The predicted molar refractivity (Wildman–Crippen MR) is 121 cm³/mol. The number of aryl methyl sites for hydroxylation is 1. The van der Waals surface area contributed by atoms with E-state index >= 15 is 0 Å². The van der Waals surface area contributed by atoms with Gasteiger partial charge in [0, 0.05) is 42.3 Å². The van der Waals surface area contributed by atoms with Crippen molar-refractivity contribution in [3.8, 4) is 11.5 Å². The number of hydrogen-bond donors (Lipinski definition) is 1. The van der Waals surface area contributed by atoms with E-state index in [4.69, 9.17) is 14.0 Å². The molecule has 0 bridgehead atoms. The fourth-order valence-electron chi connectivity index (χ4n) is 3.97. The number of anilines is 2. The number of hydrogen-bond acceptors (Lipinski definition) is 8. The van der Waals surface area contributed by atoms with Crippen molar-refractivity contribution in [2.45, 2.75) is 26.4 Å². The van der Waals surface area contributed by atoms with Gasteiger partial charge in [0.2, 0.25) is 0 Å². The van der Waals surface area contributed by atoms with Crippen LogP contribution < -0.4 is 14.8 Å². The normalized spacial score (nSPS) is 13.3. The van der Waals surface area contributed by atoms with Crippen molar-refractivity contribution >= 4 is 22.4 Å². The maximum absolute atomic E-state index is 13.6. The van der Waals surface area contributed by atoms with Gasteiger partial charge in [0.05, 0.1) is 19.2 Å². The lowest BCUT2D eigenvalue weighted by Gasteiger charge is -2.16. The summed E-state index contributed by atoms with van der Waals surface area (Å²) in [5, 5.41) is 8.06. The first-order chi connectivity index (χ1) is 16.1. The van der Waals surface area contributed by atoms with Crippen LogP contribution in [0, 0.1) is 12.7 Å². The van der Waals surface area contributed by atoms with Crippen LogP contribution >= 0.6 is 0 Å². The largest absolute Gasteiger partial charge is 0.493 e. The Hall–Kier alpha value is -3.72. The Bertz CT molecular complexity index is 1270. The highest BCUT2D eigenvalue weighted by molar-refractivity contribution is 5.93. The molecule has 0 amide bonds. The van der Waals surface area contributed by atoms with Gasteiger partial charge in [0.25, 0.3) is 0 Å². The topological polar surface area (TPSA) is 85.5 Å². The molecule has 1 aliphatic heterocycles. The SMILES string of the molecule is COc1cc2ncnc(Nc3ccc(F)c(C)c3)c2cc1OCCCN1Cc2conc2C1. The molecule has 1 N–H and O–H groups in total. The molecule has 5 rings (SSSR count). The number of nitrogens with zero attached hydrogens (tertiary/aromatic N) is 4. The van der Waals surface area contributed by atoms with E-state index in [1.807, 2.05) is 12.1 Å². The van der Waals surface area contributed by atoms with Crippen molar-refractivity contribution in [1.29, 1.82) is 0 Å². The summed E-state index contributed by atoms with van der Waals surface area (Å²) in [6, 6.07) is 8.56. The molecule has 0 spiro atoms. The molecule has 9 heteroatoms. The van der Waals surface area contributed by atoms with E-state index < -0.39 is 0 Å². The Kier molecular flexibility index (Phi) is 5.78. The highest BCUT2D eigenvalue weighted by Gasteiger charge is 2.21. The van der Waals surface area contributed by atoms with Crippen LogP contribution in [-0.2, 0) is 13.1 Å². The maximum Gasteiger partial charge on any atom is 0.162 e. The van der Waals surface area contributed by atoms with Gasteiger partial charge >= 0.3 is 0 Å². The van der Waals surface area contributed by atoms with E-state index in [-0.39, 0.29) is 5.82 Å². The van der Waals surface area contributed by atoms with E-state index in [1.165, 1.54) is 12.4 Å². The zero-order chi connectivity index (χ0) is 22.8. The summed E-state index contributed by atoms with van der Waals surface area (Å²) in [6.45, 7) is 4.82. The Morgan fingerprint density at radius 2 is 2.06 bits per heavy atom. The average Bonchev–Trinajstić information content (AvgIpc) is 3.41. The highest BCUT2D eigenvalue weighted by atomic mass is 19.1. The van der Waals surface area contributed by atoms with Gasteiger partial charge in [-0.1, -0.05) is 5.16 Å². The van der Waals surface area contributed by atoms with E-state index in [0.717, 1.165) is 53.9 Å². The molecule has 0 unspecified atom stereocenters. The molecule has 170 valence electrons. The van der Waals surface area contributed by atoms with E-state index in [0.29, 0.717) is 29.5 Å². The molecule has 0 fully saturated rings. The van der Waals surface area contributed by atoms with Gasteiger partial charge in [0.1, 0.15) is 29.9 Å². The fourth-order valence-corrected chi connectivity index (χ4v) is 3.97. The summed E-state index contributed by atoms with van der Waals surface area (Å²) < 4.78 is 30.2. The van der Waals surface area contributed by atoms with Crippen LogP contribution in [0.1, 0.15) is 23.2 Å². The van der Waals surface area contributed by atoms with Crippen molar-refractivity contribution < 1.29 is 18.4 Å². The Labute approximate surface area is 190 Å². The van der Waals surface area contributed by atoms with Crippen LogP contribution in [0.3, 0.4) is 0 Å². The molecule has 1 aliphatic rings. The van der Waals surface area contributed by atoms with Crippen molar-refractivity contribution in [3.05, 3.63) is 65.6 Å². The molecule has 4 aromatic rings. The van der Waals surface area contributed by atoms with Crippen molar-refractivity contribution in [1.82, 2.24) is 20.0 Å². The Balaban J connectivity index is 1.29. The second-order valence-electron chi connectivity index (χ2n) is 8.03. The highest BCUT2D eigenvalue weighted by Crippen LogP contribution is 2.35. The third-order valence-corrected chi connectivity index (χ3v) is 5.71. The van der Waals surface area contributed by atoms with Crippen LogP contribution in [0.15, 0.2) is 47.4 Å². The van der Waals surface area contributed by atoms with Gasteiger partial charge in [-0.05, 0) is 43.2 Å². The minimum atomic E-state index is -0.247. The summed E-state index contributed by atoms with van der Waals surface area (Å²) in [7, 11) is 1.61. The molecule has 0 radical (unpaired) electrons. The quantitative estimate of drug-likeness (QED) is 0.391. The molecular weight excluding hydrogens is 425 g/mol. The molecule has 0 saturated carbocycles. The average molecular weight is 449 g/mol. The van der Waals surface area contributed by atoms with Crippen LogP contribution in [0.4, 0.5) is 15.9 Å². The van der Waals surface area contributed by atoms with Crippen LogP contribution in [0.5, 0.6) is 11.5 Å². The van der Waals surface area contributed by atoms with Gasteiger partial charge in [-0.3, -0.25) is 4.90 Å². The molecule has 2 aromatic carbocycles. The Morgan fingerprint density at radius 1 is 1.15 bits per heavy atom. The van der Waals surface area contributed by atoms with Crippen molar-refractivity contribution in [2.75, 3.05) is 25.6 Å². The number of methoxy groups -OCH3 is 1. The van der Waals surface area contributed by atoms with E-state index in [1.54, 1.807) is 32.4 Å². The molecule has 0 saturated heterocycles. The summed E-state index contributed by atoms with van der Waals surface area (Å²) in [5.41, 5.74) is 4.19. The summed E-state index contributed by atoms with van der Waals surface area (Å²) >= 11 is 0. The van der Waals surface area contributed by atoms with E-state index in [2.05, 4.69) is 25.3 Å². The lowest BCUT2D eigenvalue weighted by atomic mass is 10.2. The molecule has 0 atom stereocenters. The first kappa shape index (κ1) is 21.1. The first-order valence-electron chi connectivity index (χ1n) is 10.7. The zero-order valence-corrected chi connectivity index (χ0v) is 18.5. The number of rotatable bonds is 8. The van der Waals surface area contributed by atoms with Gasteiger partial charge in [-0.2, -0.15) is 0 Å². The molecule has 0 aliphatic carbocycles. The number of aromatic nitrogens is 3. The monoisotopic (exact) mass is 449 g/mol. The second-order valence-corrected chi connectivity index (χ2v) is 8.03. The molecule has 33 heavy (non-hydrogen) atoms. The number of halogens is 1. The van der Waals surface area contributed by atoms with E-state index in [9.17, 15) is 4.39 Å². The van der Waals surface area contributed by atoms with Crippen molar-refractivity contribution in [3.63, 3.8) is 0 Å². The number of fused-ring (bicyclic) bond motifs is 2. The van der Waals surface area contributed by atoms with Crippen molar-refractivity contribution in [2.24, 2.45) is 0 Å².